The van der Waals surface area contributed by atoms with E-state index in [2.05, 4.69) is 54.3 Å². The molecule has 0 radical (unpaired) electrons. The van der Waals surface area contributed by atoms with E-state index in [0.717, 1.165) is 51.4 Å². The number of aromatic nitrogens is 4. The van der Waals surface area contributed by atoms with E-state index in [4.69, 9.17) is 5.73 Å². The number of nitrogens with zero attached hydrogens (tertiary/aromatic N) is 8. The highest BCUT2D eigenvalue weighted by atomic mass is 16.2. The van der Waals surface area contributed by atoms with Crippen LogP contribution < -0.4 is 16.2 Å². The predicted molar refractivity (Wildman–Crippen MR) is 157 cm³/mol. The number of fused-ring (bicyclic) bond motifs is 1. The Labute approximate surface area is 236 Å². The molecule has 11 nitrogen and oxygen atoms in total. The molecule has 1 aromatic carbocycles. The molecular weight excluding hydrogens is 504 g/mol. The van der Waals surface area contributed by atoms with Crippen LogP contribution in [-0.4, -0.2) is 98.5 Å². The number of hydrogen-bond acceptors (Lipinski definition) is 9. The van der Waals surface area contributed by atoms with Gasteiger partial charge in [0.1, 0.15) is 0 Å². The van der Waals surface area contributed by atoms with Gasteiger partial charge in [0.15, 0.2) is 17.0 Å². The lowest BCUT2D eigenvalue weighted by molar-refractivity contribution is 0.0658. The Morgan fingerprint density at radius 2 is 1.68 bits per heavy atom. The van der Waals surface area contributed by atoms with Crippen molar-refractivity contribution in [2.75, 3.05) is 57.1 Å². The summed E-state index contributed by atoms with van der Waals surface area (Å²) in [5.74, 6) is 0.563. The van der Waals surface area contributed by atoms with Crippen LogP contribution in [0.1, 0.15) is 54.4 Å². The van der Waals surface area contributed by atoms with Crippen molar-refractivity contribution in [3.8, 4) is 0 Å². The maximum atomic E-state index is 13.4. The zero-order chi connectivity index (χ0) is 27.6. The molecule has 0 unspecified atom stereocenters. The van der Waals surface area contributed by atoms with Gasteiger partial charge in [0.05, 0.1) is 12.4 Å². The molecule has 4 heterocycles. The van der Waals surface area contributed by atoms with Crippen molar-refractivity contribution in [3.63, 3.8) is 0 Å². The molecule has 1 saturated carbocycles. The van der Waals surface area contributed by atoms with E-state index in [1.807, 2.05) is 28.8 Å². The number of amides is 1. The van der Waals surface area contributed by atoms with Gasteiger partial charge in [-0.2, -0.15) is 9.97 Å². The van der Waals surface area contributed by atoms with Gasteiger partial charge in [0.25, 0.3) is 5.91 Å². The summed E-state index contributed by atoms with van der Waals surface area (Å²) in [6.45, 7) is 7.92. The number of hydrogen-bond donors (Lipinski definition) is 2. The molecule has 0 spiro atoms. The van der Waals surface area contributed by atoms with Crippen LogP contribution in [0.2, 0.25) is 0 Å². The van der Waals surface area contributed by atoms with E-state index < -0.39 is 0 Å². The van der Waals surface area contributed by atoms with E-state index in [1.165, 1.54) is 44.6 Å². The first-order valence-corrected chi connectivity index (χ1v) is 14.7. The summed E-state index contributed by atoms with van der Waals surface area (Å²) in [4.78, 5) is 34.5. The molecule has 2 saturated heterocycles. The van der Waals surface area contributed by atoms with Gasteiger partial charge in [-0.1, -0.05) is 25.0 Å². The van der Waals surface area contributed by atoms with E-state index >= 15 is 0 Å². The molecule has 1 aliphatic carbocycles. The van der Waals surface area contributed by atoms with Gasteiger partial charge in [-0.05, 0) is 63.5 Å². The van der Waals surface area contributed by atoms with Crippen molar-refractivity contribution in [2.24, 2.45) is 7.05 Å². The number of piperidine rings is 1. The van der Waals surface area contributed by atoms with Crippen molar-refractivity contribution in [1.29, 1.82) is 0 Å². The van der Waals surface area contributed by atoms with Gasteiger partial charge in [-0.25, -0.2) is 4.98 Å². The topological polar surface area (TPSA) is 112 Å². The third-order valence-electron chi connectivity index (χ3n) is 8.93. The van der Waals surface area contributed by atoms with Crippen molar-refractivity contribution >= 4 is 28.8 Å². The van der Waals surface area contributed by atoms with Gasteiger partial charge >= 0.3 is 0 Å². The monoisotopic (exact) mass is 546 g/mol. The number of nitrogen functional groups attached to an aromatic ring is 1. The van der Waals surface area contributed by atoms with Crippen LogP contribution in [-0.2, 0) is 13.6 Å². The standard InChI is InChI=1S/C29H42N10O/c1-35-15-17-38(18-16-35)23-11-13-37(14-12-23)19-21-7-9-22(10-8-21)28(40)34-39(24-5-3-4-6-24)27-25-26(32-29(30)33-27)36(2)20-31-25/h7-10,20,23-24H,3-6,11-19H2,1-2H3,(H,34,40)(H2,30,32,33). The number of hydrazine groups is 1. The molecule has 3 fully saturated rings. The van der Waals surface area contributed by atoms with Gasteiger partial charge in [-0.15, -0.1) is 0 Å². The number of likely N-dealkylation sites (tertiary alicyclic amines) is 1. The highest BCUT2D eigenvalue weighted by molar-refractivity contribution is 5.96. The number of piperazine rings is 1. The highest BCUT2D eigenvalue weighted by Gasteiger charge is 2.29. The van der Waals surface area contributed by atoms with Crippen LogP contribution in [0.5, 0.6) is 0 Å². The SMILES string of the molecule is CN1CCN(C2CCN(Cc3ccc(C(=O)NN(c4nc(N)nc5c4ncn5C)C4CCCC4)cc3)CC2)CC1. The third-order valence-corrected chi connectivity index (χ3v) is 8.93. The average Bonchev–Trinajstić information content (AvgIpc) is 3.63. The Morgan fingerprint density at radius 1 is 0.975 bits per heavy atom. The molecular formula is C29H42N10O. The number of anilines is 2. The maximum absolute atomic E-state index is 13.4. The largest absolute Gasteiger partial charge is 0.368 e. The lowest BCUT2D eigenvalue weighted by Crippen LogP contribution is -2.52. The Balaban J connectivity index is 1.09. The van der Waals surface area contributed by atoms with E-state index in [0.29, 0.717) is 22.5 Å². The van der Waals surface area contributed by atoms with Crippen molar-refractivity contribution in [3.05, 3.63) is 41.7 Å². The summed E-state index contributed by atoms with van der Waals surface area (Å²) in [5.41, 5.74) is 12.4. The smallest absolute Gasteiger partial charge is 0.269 e. The summed E-state index contributed by atoms with van der Waals surface area (Å²) in [6.07, 6.45) is 8.35. The van der Waals surface area contributed by atoms with Crippen molar-refractivity contribution < 1.29 is 4.79 Å². The zero-order valence-electron chi connectivity index (χ0n) is 23.8. The predicted octanol–water partition coefficient (Wildman–Crippen LogP) is 2.25. The second kappa shape index (κ2) is 11.7. The highest BCUT2D eigenvalue weighted by Crippen LogP contribution is 2.30. The fourth-order valence-electron chi connectivity index (χ4n) is 6.48. The molecule has 214 valence electrons. The lowest BCUT2D eigenvalue weighted by atomic mass is 10.0. The number of nitrogens with one attached hydrogen (secondary N) is 1. The molecule has 0 bridgehead atoms. The minimum absolute atomic E-state index is 0.136. The Morgan fingerprint density at radius 3 is 2.38 bits per heavy atom. The second-order valence-electron chi connectivity index (χ2n) is 11.7. The van der Waals surface area contributed by atoms with Crippen molar-refractivity contribution in [2.45, 2.75) is 57.2 Å². The first-order chi connectivity index (χ1) is 19.4. The summed E-state index contributed by atoms with van der Waals surface area (Å²) in [6, 6.07) is 8.88. The number of rotatable bonds is 7. The fourth-order valence-corrected chi connectivity index (χ4v) is 6.48. The normalized spacial score (nSPS) is 20.4. The Hall–Kier alpha value is -3.28. The van der Waals surface area contributed by atoms with Crippen LogP contribution >= 0.6 is 0 Å². The minimum atomic E-state index is -0.160. The van der Waals surface area contributed by atoms with Crippen LogP contribution in [0.4, 0.5) is 11.8 Å². The number of nitrogens with two attached hydrogens (primary N) is 1. The summed E-state index contributed by atoms with van der Waals surface area (Å²) >= 11 is 0. The Kier molecular flexibility index (Phi) is 7.86. The zero-order valence-corrected chi connectivity index (χ0v) is 23.8. The Bertz CT molecular complexity index is 1300. The molecule has 2 aromatic heterocycles. The molecule has 11 heteroatoms. The van der Waals surface area contributed by atoms with Gasteiger partial charge in [0, 0.05) is 51.4 Å². The number of aryl methyl sites for hydroxylation is 1. The van der Waals surface area contributed by atoms with Crippen LogP contribution in [0.3, 0.4) is 0 Å². The maximum Gasteiger partial charge on any atom is 0.269 e. The second-order valence-corrected chi connectivity index (χ2v) is 11.7. The van der Waals surface area contributed by atoms with E-state index in [9.17, 15) is 4.79 Å². The molecule has 1 amide bonds. The minimum Gasteiger partial charge on any atom is -0.368 e. The molecule has 3 aromatic rings. The first kappa shape index (κ1) is 26.9. The lowest BCUT2D eigenvalue weighted by Gasteiger charge is -2.42. The van der Waals surface area contributed by atoms with Crippen LogP contribution in [0.15, 0.2) is 30.6 Å². The molecule has 2 aliphatic heterocycles. The van der Waals surface area contributed by atoms with Crippen LogP contribution in [0, 0.1) is 0 Å². The van der Waals surface area contributed by atoms with Gasteiger partial charge < -0.3 is 15.2 Å². The molecule has 0 atom stereocenters. The molecule has 40 heavy (non-hydrogen) atoms. The van der Waals surface area contributed by atoms with E-state index in [1.54, 1.807) is 6.33 Å². The third kappa shape index (κ3) is 5.77. The van der Waals surface area contributed by atoms with E-state index in [-0.39, 0.29) is 17.9 Å². The number of carbonyl (C=O) groups is 1. The summed E-state index contributed by atoms with van der Waals surface area (Å²) in [7, 11) is 4.09. The number of benzene rings is 1. The van der Waals surface area contributed by atoms with Gasteiger partial charge in [0.2, 0.25) is 5.95 Å². The van der Waals surface area contributed by atoms with Crippen molar-refractivity contribution in [1.82, 2.24) is 39.6 Å². The number of carbonyl (C=O) groups excluding carboxylic acids is 1. The van der Waals surface area contributed by atoms with Gasteiger partial charge in [-0.3, -0.25) is 25.0 Å². The number of imidazole rings is 1. The quantitative estimate of drug-likeness (QED) is 0.431. The number of likely N-dealkylation sites (N-methyl/N-ethyl adjacent to an activating group) is 1. The summed E-state index contributed by atoms with van der Waals surface area (Å²) in [5, 5.41) is 1.88. The molecule has 3 N–H and O–H groups in total. The average molecular weight is 547 g/mol. The summed E-state index contributed by atoms with van der Waals surface area (Å²) < 4.78 is 1.82. The first-order valence-electron chi connectivity index (χ1n) is 14.7. The fraction of sp³-hybridized carbons (Fsp3) is 0.586. The molecule has 3 aliphatic rings. The molecule has 6 rings (SSSR count). The van der Waals surface area contributed by atoms with Crippen LogP contribution in [0.25, 0.3) is 11.2 Å².